The summed E-state index contributed by atoms with van der Waals surface area (Å²) in [6.45, 7) is 1.49. The fraction of sp³-hybridized carbons (Fsp3) is 0.364. The van der Waals surface area contributed by atoms with E-state index in [0.717, 1.165) is 16.4 Å². The quantitative estimate of drug-likeness (QED) is 0.367. The third-order valence-corrected chi connectivity index (χ3v) is 4.57. The fourth-order valence-electron chi connectivity index (χ4n) is 1.49. The van der Waals surface area contributed by atoms with Crippen LogP contribution in [0.5, 0.6) is 0 Å². The van der Waals surface area contributed by atoms with Crippen molar-refractivity contribution < 1.29 is 22.4 Å². The summed E-state index contributed by atoms with van der Waals surface area (Å²) in [7, 11) is -2.72. The molecule has 1 unspecified atom stereocenters. The van der Waals surface area contributed by atoms with Gasteiger partial charge < -0.3 is 10.9 Å². The fourth-order valence-corrected chi connectivity index (χ4v) is 2.77. The first-order valence-corrected chi connectivity index (χ1v) is 7.03. The van der Waals surface area contributed by atoms with E-state index < -0.39 is 27.6 Å². The van der Waals surface area contributed by atoms with Crippen molar-refractivity contribution in [3.8, 4) is 0 Å². The Labute approximate surface area is 115 Å². The highest BCUT2D eigenvalue weighted by atomic mass is 32.2. The Morgan fingerprint density at radius 2 is 2.05 bits per heavy atom. The summed E-state index contributed by atoms with van der Waals surface area (Å²) >= 11 is 0. The molecule has 1 aromatic rings. The smallest absolute Gasteiger partial charge is 0.242 e. The van der Waals surface area contributed by atoms with Crippen LogP contribution in [0.2, 0.25) is 0 Å². The van der Waals surface area contributed by atoms with Crippen LogP contribution in [0.15, 0.2) is 28.3 Å². The van der Waals surface area contributed by atoms with Crippen molar-refractivity contribution >= 4 is 15.9 Å². The summed E-state index contributed by atoms with van der Waals surface area (Å²) in [6.07, 6.45) is 0. The third-order valence-electron chi connectivity index (χ3n) is 2.75. The van der Waals surface area contributed by atoms with Gasteiger partial charge in [-0.25, -0.2) is 21.5 Å². The standard InChI is InChI=1S/C11H15F2N3O3S/c1-7(11(14)15-17)6-16(2)20(18,19)8-3-4-9(12)10(13)5-8/h3-5,7,17H,6H2,1-2H3,(H2,14,15). The maximum atomic E-state index is 13.1. The van der Waals surface area contributed by atoms with E-state index in [4.69, 9.17) is 10.9 Å². The van der Waals surface area contributed by atoms with Crippen LogP contribution in [-0.4, -0.2) is 37.4 Å². The predicted octanol–water partition coefficient (Wildman–Crippen LogP) is 0.968. The molecule has 112 valence electrons. The highest BCUT2D eigenvalue weighted by molar-refractivity contribution is 7.89. The van der Waals surface area contributed by atoms with Gasteiger partial charge in [0.2, 0.25) is 10.0 Å². The van der Waals surface area contributed by atoms with Crippen LogP contribution in [-0.2, 0) is 10.0 Å². The number of nitrogens with zero attached hydrogens (tertiary/aromatic N) is 2. The van der Waals surface area contributed by atoms with Crippen LogP contribution >= 0.6 is 0 Å². The summed E-state index contributed by atoms with van der Waals surface area (Å²) in [5.74, 6) is -3.04. The van der Waals surface area contributed by atoms with Crippen LogP contribution in [0.1, 0.15) is 6.92 Å². The van der Waals surface area contributed by atoms with Gasteiger partial charge in [-0.15, -0.1) is 0 Å². The molecule has 0 spiro atoms. The molecular weight excluding hydrogens is 292 g/mol. The van der Waals surface area contributed by atoms with Crippen molar-refractivity contribution in [1.29, 1.82) is 0 Å². The molecule has 6 nitrogen and oxygen atoms in total. The van der Waals surface area contributed by atoms with Gasteiger partial charge in [0.25, 0.3) is 0 Å². The Morgan fingerprint density at radius 1 is 1.45 bits per heavy atom. The number of halogens is 2. The number of oxime groups is 1. The number of rotatable bonds is 5. The number of sulfonamides is 1. The van der Waals surface area contributed by atoms with Crippen molar-refractivity contribution in [2.45, 2.75) is 11.8 Å². The van der Waals surface area contributed by atoms with Gasteiger partial charge in [0, 0.05) is 19.5 Å². The van der Waals surface area contributed by atoms with E-state index in [2.05, 4.69) is 5.16 Å². The topological polar surface area (TPSA) is 96.0 Å². The van der Waals surface area contributed by atoms with Crippen LogP contribution in [0, 0.1) is 17.6 Å². The van der Waals surface area contributed by atoms with Gasteiger partial charge in [-0.2, -0.15) is 0 Å². The zero-order valence-corrected chi connectivity index (χ0v) is 11.7. The zero-order chi connectivity index (χ0) is 15.5. The van der Waals surface area contributed by atoms with Crippen LogP contribution in [0.4, 0.5) is 8.78 Å². The average molecular weight is 307 g/mol. The lowest BCUT2D eigenvalue weighted by Crippen LogP contribution is -2.36. The molecule has 0 radical (unpaired) electrons. The summed E-state index contributed by atoms with van der Waals surface area (Å²) in [5, 5.41) is 11.3. The van der Waals surface area contributed by atoms with Gasteiger partial charge in [-0.05, 0) is 18.2 Å². The number of amidine groups is 1. The Morgan fingerprint density at radius 3 is 2.55 bits per heavy atom. The Kier molecular flexibility index (Phi) is 5.01. The zero-order valence-electron chi connectivity index (χ0n) is 10.9. The average Bonchev–Trinajstić information content (AvgIpc) is 2.40. The van der Waals surface area contributed by atoms with Gasteiger partial charge in [0.1, 0.15) is 5.84 Å². The van der Waals surface area contributed by atoms with Gasteiger partial charge in [0.15, 0.2) is 11.6 Å². The van der Waals surface area contributed by atoms with Crippen molar-refractivity contribution in [3.63, 3.8) is 0 Å². The number of hydrogen-bond donors (Lipinski definition) is 2. The molecule has 0 aliphatic carbocycles. The van der Waals surface area contributed by atoms with Crippen LogP contribution in [0.3, 0.4) is 0 Å². The monoisotopic (exact) mass is 307 g/mol. The van der Waals surface area contributed by atoms with E-state index in [1.54, 1.807) is 6.92 Å². The molecule has 0 aromatic heterocycles. The molecule has 1 aromatic carbocycles. The van der Waals surface area contributed by atoms with E-state index in [1.807, 2.05) is 0 Å². The highest BCUT2D eigenvalue weighted by Crippen LogP contribution is 2.18. The Balaban J connectivity index is 3.01. The highest BCUT2D eigenvalue weighted by Gasteiger charge is 2.24. The molecule has 3 N–H and O–H groups in total. The molecule has 0 aliphatic heterocycles. The molecule has 0 saturated heterocycles. The van der Waals surface area contributed by atoms with E-state index in [0.29, 0.717) is 6.07 Å². The Hall–Kier alpha value is -1.74. The molecule has 0 fully saturated rings. The molecule has 9 heteroatoms. The first kappa shape index (κ1) is 16.3. The minimum atomic E-state index is -3.98. The second kappa shape index (κ2) is 6.14. The van der Waals surface area contributed by atoms with E-state index >= 15 is 0 Å². The normalized spacial score (nSPS) is 14.6. The summed E-state index contributed by atoms with van der Waals surface area (Å²) in [6, 6.07) is 2.32. The first-order chi connectivity index (χ1) is 9.20. The number of benzene rings is 1. The van der Waals surface area contributed by atoms with Gasteiger partial charge in [-0.3, -0.25) is 0 Å². The predicted molar refractivity (Wildman–Crippen MR) is 68.7 cm³/mol. The molecule has 0 bridgehead atoms. The molecule has 0 aliphatic rings. The van der Waals surface area contributed by atoms with Crippen molar-refractivity contribution in [2.75, 3.05) is 13.6 Å². The lowest BCUT2D eigenvalue weighted by molar-refractivity contribution is 0.312. The molecule has 1 rings (SSSR count). The minimum Gasteiger partial charge on any atom is -0.409 e. The van der Waals surface area contributed by atoms with Gasteiger partial charge >= 0.3 is 0 Å². The largest absolute Gasteiger partial charge is 0.409 e. The molecule has 0 heterocycles. The Bertz CT molecular complexity index is 619. The summed E-state index contributed by atoms with van der Waals surface area (Å²) in [4.78, 5) is -0.370. The second-order valence-corrected chi connectivity index (χ2v) is 6.33. The van der Waals surface area contributed by atoms with E-state index in [-0.39, 0.29) is 17.3 Å². The van der Waals surface area contributed by atoms with E-state index in [1.165, 1.54) is 7.05 Å². The first-order valence-electron chi connectivity index (χ1n) is 5.59. The molecule has 20 heavy (non-hydrogen) atoms. The van der Waals surface area contributed by atoms with Crippen LogP contribution in [0.25, 0.3) is 0 Å². The second-order valence-electron chi connectivity index (χ2n) is 4.29. The van der Waals surface area contributed by atoms with Crippen molar-refractivity contribution in [1.82, 2.24) is 4.31 Å². The lowest BCUT2D eigenvalue weighted by atomic mass is 10.2. The number of nitrogens with two attached hydrogens (primary N) is 1. The molecule has 1 atom stereocenters. The SMILES string of the molecule is CC(CN(C)S(=O)(=O)c1ccc(F)c(F)c1)C(N)=NO. The molecule has 0 saturated carbocycles. The maximum Gasteiger partial charge on any atom is 0.242 e. The van der Waals surface area contributed by atoms with Crippen molar-refractivity contribution in [3.05, 3.63) is 29.8 Å². The van der Waals surface area contributed by atoms with Gasteiger partial charge in [0.05, 0.1) is 4.90 Å². The maximum absolute atomic E-state index is 13.1. The number of hydrogen-bond acceptors (Lipinski definition) is 4. The molecular formula is C11H15F2N3O3S. The van der Waals surface area contributed by atoms with Crippen molar-refractivity contribution in [2.24, 2.45) is 16.8 Å². The summed E-state index contributed by atoms with van der Waals surface area (Å²) < 4.78 is 51.1. The van der Waals surface area contributed by atoms with E-state index in [9.17, 15) is 17.2 Å². The molecule has 0 amide bonds. The third kappa shape index (κ3) is 3.42. The lowest BCUT2D eigenvalue weighted by Gasteiger charge is -2.20. The van der Waals surface area contributed by atoms with Gasteiger partial charge in [-0.1, -0.05) is 12.1 Å². The van der Waals surface area contributed by atoms with Crippen LogP contribution < -0.4 is 5.73 Å². The minimum absolute atomic E-state index is 0.0722. The summed E-state index contributed by atoms with van der Waals surface area (Å²) in [5.41, 5.74) is 5.36.